The smallest absolute Gasteiger partial charge is 0.106 e. The first kappa shape index (κ1) is 14.2. The highest BCUT2D eigenvalue weighted by atomic mass is 32.1. The molecule has 19 heavy (non-hydrogen) atoms. The van der Waals surface area contributed by atoms with E-state index < -0.39 is 0 Å². The Morgan fingerprint density at radius 2 is 2.26 bits per heavy atom. The van der Waals surface area contributed by atoms with Gasteiger partial charge in [-0.3, -0.25) is 4.98 Å². The second-order valence-corrected chi connectivity index (χ2v) is 5.57. The SMILES string of the molecule is CN(CCNc1cnccc1C(N)=S)C1CCCC1. The average molecular weight is 278 g/mol. The highest BCUT2D eigenvalue weighted by Crippen LogP contribution is 2.22. The maximum atomic E-state index is 5.70. The topological polar surface area (TPSA) is 54.2 Å². The molecule has 1 aromatic heterocycles. The van der Waals surface area contributed by atoms with E-state index in [0.29, 0.717) is 4.99 Å². The molecule has 2 rings (SSSR count). The zero-order valence-electron chi connectivity index (χ0n) is 11.4. The number of likely N-dealkylation sites (N-methyl/N-ethyl adjacent to an activating group) is 1. The van der Waals surface area contributed by atoms with Crippen LogP contribution in [0, 0.1) is 0 Å². The summed E-state index contributed by atoms with van der Waals surface area (Å²) in [5, 5.41) is 3.38. The highest BCUT2D eigenvalue weighted by Gasteiger charge is 2.18. The van der Waals surface area contributed by atoms with Crippen LogP contribution in [-0.2, 0) is 0 Å². The van der Waals surface area contributed by atoms with E-state index in [4.69, 9.17) is 18.0 Å². The molecule has 1 aliphatic carbocycles. The molecule has 104 valence electrons. The molecule has 3 N–H and O–H groups in total. The van der Waals surface area contributed by atoms with E-state index >= 15 is 0 Å². The van der Waals surface area contributed by atoms with E-state index in [0.717, 1.165) is 30.4 Å². The summed E-state index contributed by atoms with van der Waals surface area (Å²) < 4.78 is 0. The zero-order valence-corrected chi connectivity index (χ0v) is 12.2. The van der Waals surface area contributed by atoms with E-state index in [-0.39, 0.29) is 0 Å². The summed E-state index contributed by atoms with van der Waals surface area (Å²) in [4.78, 5) is 6.96. The fourth-order valence-electron chi connectivity index (χ4n) is 2.64. The molecule has 1 saturated carbocycles. The molecule has 0 amide bonds. The monoisotopic (exact) mass is 278 g/mol. The van der Waals surface area contributed by atoms with E-state index in [1.165, 1.54) is 25.7 Å². The van der Waals surface area contributed by atoms with Gasteiger partial charge in [0.05, 0.1) is 11.9 Å². The van der Waals surface area contributed by atoms with Gasteiger partial charge in [-0.2, -0.15) is 0 Å². The Morgan fingerprint density at radius 1 is 1.53 bits per heavy atom. The Morgan fingerprint density at radius 3 is 2.95 bits per heavy atom. The van der Waals surface area contributed by atoms with Crippen molar-refractivity contribution >= 4 is 22.9 Å². The number of nitrogens with two attached hydrogens (primary N) is 1. The first-order valence-electron chi connectivity index (χ1n) is 6.86. The van der Waals surface area contributed by atoms with Crippen molar-refractivity contribution < 1.29 is 0 Å². The summed E-state index contributed by atoms with van der Waals surface area (Å²) in [5.74, 6) is 0. The van der Waals surface area contributed by atoms with Crippen molar-refractivity contribution in [3.8, 4) is 0 Å². The van der Waals surface area contributed by atoms with Gasteiger partial charge in [0.2, 0.25) is 0 Å². The van der Waals surface area contributed by atoms with Crippen LogP contribution in [0.5, 0.6) is 0 Å². The Labute approximate surface area is 120 Å². The fourth-order valence-corrected chi connectivity index (χ4v) is 2.82. The maximum Gasteiger partial charge on any atom is 0.106 e. The van der Waals surface area contributed by atoms with Crippen molar-refractivity contribution in [3.05, 3.63) is 24.0 Å². The molecule has 0 radical (unpaired) electrons. The number of hydrogen-bond acceptors (Lipinski definition) is 4. The van der Waals surface area contributed by atoms with Crippen molar-refractivity contribution in [3.63, 3.8) is 0 Å². The summed E-state index contributed by atoms with van der Waals surface area (Å²) >= 11 is 5.04. The minimum Gasteiger partial charge on any atom is -0.389 e. The lowest BCUT2D eigenvalue weighted by Gasteiger charge is -2.24. The third-order valence-corrected chi connectivity index (χ3v) is 4.03. The van der Waals surface area contributed by atoms with Gasteiger partial charge in [0.25, 0.3) is 0 Å². The number of anilines is 1. The second-order valence-electron chi connectivity index (χ2n) is 5.13. The fraction of sp³-hybridized carbons (Fsp3) is 0.571. The van der Waals surface area contributed by atoms with Gasteiger partial charge < -0.3 is 16.0 Å². The number of nitrogens with zero attached hydrogens (tertiary/aromatic N) is 2. The molecule has 1 aliphatic rings. The Bertz CT molecular complexity index is 429. The molecule has 1 heterocycles. The van der Waals surface area contributed by atoms with Crippen molar-refractivity contribution in [2.45, 2.75) is 31.7 Å². The predicted molar refractivity (Wildman–Crippen MR) is 83.5 cm³/mol. The maximum absolute atomic E-state index is 5.70. The number of rotatable bonds is 6. The molecule has 4 nitrogen and oxygen atoms in total. The molecule has 5 heteroatoms. The number of aromatic nitrogens is 1. The Kier molecular flexibility index (Phi) is 5.10. The Balaban J connectivity index is 1.83. The van der Waals surface area contributed by atoms with Gasteiger partial charge >= 0.3 is 0 Å². The highest BCUT2D eigenvalue weighted by molar-refractivity contribution is 7.80. The van der Waals surface area contributed by atoms with Gasteiger partial charge in [-0.05, 0) is 26.0 Å². The van der Waals surface area contributed by atoms with E-state index in [2.05, 4.69) is 22.2 Å². The summed E-state index contributed by atoms with van der Waals surface area (Å²) in [6, 6.07) is 2.61. The van der Waals surface area contributed by atoms with Crippen molar-refractivity contribution in [2.75, 3.05) is 25.5 Å². The molecule has 1 aromatic rings. The molecular weight excluding hydrogens is 256 g/mol. The van der Waals surface area contributed by atoms with Crippen LogP contribution in [0.15, 0.2) is 18.5 Å². The summed E-state index contributed by atoms with van der Waals surface area (Å²) in [7, 11) is 2.20. The molecule has 0 spiro atoms. The Hall–Kier alpha value is -1.20. The van der Waals surface area contributed by atoms with E-state index in [1.54, 1.807) is 12.4 Å². The minimum atomic E-state index is 0.411. The van der Waals surface area contributed by atoms with Gasteiger partial charge in [0.1, 0.15) is 4.99 Å². The van der Waals surface area contributed by atoms with Crippen LogP contribution in [0.2, 0.25) is 0 Å². The van der Waals surface area contributed by atoms with Crippen LogP contribution >= 0.6 is 12.2 Å². The molecule has 0 bridgehead atoms. The number of thiocarbonyl (C=S) groups is 1. The molecule has 0 aromatic carbocycles. The third kappa shape index (κ3) is 3.88. The second kappa shape index (κ2) is 6.82. The average Bonchev–Trinajstić information content (AvgIpc) is 2.93. The zero-order chi connectivity index (χ0) is 13.7. The van der Waals surface area contributed by atoms with Crippen molar-refractivity contribution in [1.29, 1.82) is 0 Å². The molecular formula is C14H22N4S. The normalized spacial score (nSPS) is 15.9. The summed E-state index contributed by atoms with van der Waals surface area (Å²) in [6.45, 7) is 1.91. The van der Waals surface area contributed by atoms with Crippen molar-refractivity contribution in [2.24, 2.45) is 5.73 Å². The van der Waals surface area contributed by atoms with Crippen LogP contribution in [0.3, 0.4) is 0 Å². The number of pyridine rings is 1. The third-order valence-electron chi connectivity index (χ3n) is 3.81. The van der Waals surface area contributed by atoms with E-state index in [9.17, 15) is 0 Å². The summed E-state index contributed by atoms with van der Waals surface area (Å²) in [5.41, 5.74) is 7.49. The quantitative estimate of drug-likeness (QED) is 0.780. The first-order valence-corrected chi connectivity index (χ1v) is 7.27. The lowest BCUT2D eigenvalue weighted by atomic mass is 10.2. The molecule has 0 unspecified atom stereocenters. The number of nitrogens with one attached hydrogen (secondary N) is 1. The standard InChI is InChI=1S/C14H22N4S/c1-18(11-4-2-3-5-11)9-8-17-13-10-16-7-6-12(13)14(15)19/h6-7,10-11,17H,2-5,8-9H2,1H3,(H2,15,19). The van der Waals surface area contributed by atoms with Crippen LogP contribution in [-0.4, -0.2) is 41.1 Å². The first-order chi connectivity index (χ1) is 9.18. The van der Waals surface area contributed by atoms with Crippen LogP contribution in [0.4, 0.5) is 5.69 Å². The van der Waals surface area contributed by atoms with Gasteiger partial charge in [-0.1, -0.05) is 25.1 Å². The van der Waals surface area contributed by atoms with Gasteiger partial charge in [-0.15, -0.1) is 0 Å². The number of hydrogen-bond donors (Lipinski definition) is 2. The molecule has 0 atom stereocenters. The van der Waals surface area contributed by atoms with Gasteiger partial charge in [-0.25, -0.2) is 0 Å². The summed E-state index contributed by atoms with van der Waals surface area (Å²) in [6.07, 6.45) is 8.91. The predicted octanol–water partition coefficient (Wildman–Crippen LogP) is 2.00. The van der Waals surface area contributed by atoms with Gasteiger partial charge in [0.15, 0.2) is 0 Å². The van der Waals surface area contributed by atoms with Crippen LogP contribution < -0.4 is 11.1 Å². The van der Waals surface area contributed by atoms with Gasteiger partial charge in [0, 0.05) is 30.9 Å². The van der Waals surface area contributed by atoms with E-state index in [1.807, 2.05) is 6.07 Å². The largest absolute Gasteiger partial charge is 0.389 e. The van der Waals surface area contributed by atoms with Crippen LogP contribution in [0.1, 0.15) is 31.2 Å². The lowest BCUT2D eigenvalue weighted by Crippen LogP contribution is -2.33. The minimum absolute atomic E-state index is 0.411. The van der Waals surface area contributed by atoms with Crippen LogP contribution in [0.25, 0.3) is 0 Å². The molecule has 0 aliphatic heterocycles. The molecule has 0 saturated heterocycles. The van der Waals surface area contributed by atoms with Crippen molar-refractivity contribution in [1.82, 2.24) is 9.88 Å². The molecule has 1 fully saturated rings. The lowest BCUT2D eigenvalue weighted by molar-refractivity contribution is 0.254.